The van der Waals surface area contributed by atoms with Crippen molar-refractivity contribution in [1.29, 1.82) is 0 Å². The summed E-state index contributed by atoms with van der Waals surface area (Å²) in [6, 6.07) is 76.4. The average Bonchev–Trinajstić information content (AvgIpc) is 3.37. The van der Waals surface area contributed by atoms with E-state index in [1.807, 2.05) is 6.08 Å². The molecule has 0 atom stereocenters. The van der Waals surface area contributed by atoms with E-state index in [1.165, 1.54) is 60.6 Å². The van der Waals surface area contributed by atoms with Crippen molar-refractivity contribution in [2.45, 2.75) is 12.8 Å². The standard InChI is InChI=1S/C62H48N2/c1-2-46(21-14-42-63(58-22-5-3-6-23-58)61-40-36-47-15-9-11-17-56(47)44-61)49-26-30-52(31-27-49)54-19-13-20-55(43-54)53-32-28-50(29-33-53)51-34-38-60(39-35-51)64(59-24-7-4-8-25-59)62-41-37-48-16-10-12-18-57(48)45-62/h2-5,7-22,24-45H,1,6,23H2/b42-14+,46-21+. The van der Waals surface area contributed by atoms with Gasteiger partial charge < -0.3 is 9.80 Å². The van der Waals surface area contributed by atoms with E-state index in [2.05, 4.69) is 265 Å². The lowest BCUT2D eigenvalue weighted by atomic mass is 9.96. The highest BCUT2D eigenvalue weighted by molar-refractivity contribution is 5.90. The van der Waals surface area contributed by atoms with E-state index < -0.39 is 0 Å². The smallest absolute Gasteiger partial charge is 0.0468 e. The quantitative estimate of drug-likeness (QED) is 0.113. The van der Waals surface area contributed by atoms with Crippen LogP contribution >= 0.6 is 0 Å². The molecule has 306 valence electrons. The summed E-state index contributed by atoms with van der Waals surface area (Å²) in [6.45, 7) is 4.17. The third kappa shape index (κ3) is 8.63. The molecule has 1 aliphatic rings. The normalized spacial score (nSPS) is 12.7. The fourth-order valence-corrected chi connectivity index (χ4v) is 8.71. The van der Waals surface area contributed by atoms with Crippen LogP contribution in [0.2, 0.25) is 0 Å². The minimum atomic E-state index is 0.997. The van der Waals surface area contributed by atoms with Crippen molar-refractivity contribution in [3.8, 4) is 33.4 Å². The van der Waals surface area contributed by atoms with Crippen LogP contribution in [0.1, 0.15) is 18.4 Å². The number of anilines is 4. The Bertz CT molecular complexity index is 3200. The summed E-state index contributed by atoms with van der Waals surface area (Å²) in [6.07, 6.45) is 17.0. The van der Waals surface area contributed by atoms with Crippen molar-refractivity contribution in [2.24, 2.45) is 0 Å². The van der Waals surface area contributed by atoms with E-state index in [0.717, 1.165) is 46.7 Å². The van der Waals surface area contributed by atoms with Gasteiger partial charge in [-0.25, -0.2) is 0 Å². The Balaban J connectivity index is 0.847. The Kier molecular flexibility index (Phi) is 11.5. The number of hydrogen-bond donors (Lipinski definition) is 0. The SMILES string of the molecule is C=C/C(=C\C=C\N(C1=CC=CCC1)c1ccc2ccccc2c1)c1ccc(-c2cccc(-c3ccc(-c4ccc(N(c5ccccc5)c5ccc6ccccc6c5)cc4)cc3)c2)cc1. The Labute approximate surface area is 377 Å². The molecule has 0 fully saturated rings. The van der Waals surface area contributed by atoms with Gasteiger partial charge in [0.05, 0.1) is 0 Å². The zero-order chi connectivity index (χ0) is 43.1. The Morgan fingerprint density at radius 1 is 0.438 bits per heavy atom. The minimum absolute atomic E-state index is 0.997. The molecule has 0 radical (unpaired) electrons. The van der Waals surface area contributed by atoms with Gasteiger partial charge >= 0.3 is 0 Å². The lowest BCUT2D eigenvalue weighted by Gasteiger charge is -2.26. The number of para-hydroxylation sites is 1. The third-order valence-electron chi connectivity index (χ3n) is 12.1. The van der Waals surface area contributed by atoms with Gasteiger partial charge in [0.15, 0.2) is 0 Å². The van der Waals surface area contributed by atoms with Gasteiger partial charge in [-0.15, -0.1) is 0 Å². The predicted octanol–water partition coefficient (Wildman–Crippen LogP) is 17.3. The van der Waals surface area contributed by atoms with Crippen molar-refractivity contribution < 1.29 is 0 Å². The highest BCUT2D eigenvalue weighted by Gasteiger charge is 2.14. The van der Waals surface area contributed by atoms with Gasteiger partial charge in [0.1, 0.15) is 0 Å². The second-order valence-corrected chi connectivity index (χ2v) is 16.2. The molecule has 2 heteroatoms. The molecule has 0 saturated heterocycles. The molecule has 0 amide bonds. The third-order valence-corrected chi connectivity index (χ3v) is 12.1. The van der Waals surface area contributed by atoms with E-state index in [0.29, 0.717) is 0 Å². The summed E-state index contributed by atoms with van der Waals surface area (Å²) < 4.78 is 0. The van der Waals surface area contributed by atoms with Gasteiger partial charge in [0, 0.05) is 34.6 Å². The van der Waals surface area contributed by atoms with Crippen LogP contribution in [0.5, 0.6) is 0 Å². The summed E-state index contributed by atoms with van der Waals surface area (Å²) >= 11 is 0. The molecular weight excluding hydrogens is 773 g/mol. The van der Waals surface area contributed by atoms with E-state index in [-0.39, 0.29) is 0 Å². The van der Waals surface area contributed by atoms with Crippen LogP contribution in [0.3, 0.4) is 0 Å². The predicted molar refractivity (Wildman–Crippen MR) is 275 cm³/mol. The highest BCUT2D eigenvalue weighted by Crippen LogP contribution is 2.38. The molecule has 64 heavy (non-hydrogen) atoms. The summed E-state index contributed by atoms with van der Waals surface area (Å²) in [5.41, 5.74) is 15.1. The van der Waals surface area contributed by atoms with Crippen LogP contribution in [0.25, 0.3) is 60.5 Å². The van der Waals surface area contributed by atoms with E-state index in [9.17, 15) is 0 Å². The Morgan fingerprint density at radius 3 is 1.56 bits per heavy atom. The summed E-state index contributed by atoms with van der Waals surface area (Å²) in [5, 5.41) is 4.94. The number of allylic oxidation sites excluding steroid dienone is 8. The molecule has 1 aliphatic carbocycles. The van der Waals surface area contributed by atoms with Gasteiger partial charge in [-0.2, -0.15) is 0 Å². The maximum Gasteiger partial charge on any atom is 0.0468 e. The molecule has 0 unspecified atom stereocenters. The maximum atomic E-state index is 4.17. The number of rotatable bonds is 12. The molecule has 0 bridgehead atoms. The molecule has 0 aliphatic heterocycles. The largest absolute Gasteiger partial charge is 0.321 e. The zero-order valence-corrected chi connectivity index (χ0v) is 35.8. The van der Waals surface area contributed by atoms with Crippen LogP contribution in [0.15, 0.2) is 267 Å². The zero-order valence-electron chi connectivity index (χ0n) is 35.8. The van der Waals surface area contributed by atoms with Gasteiger partial charge in [-0.3, -0.25) is 0 Å². The van der Waals surface area contributed by atoms with Crippen LogP contribution in [-0.4, -0.2) is 0 Å². The first-order valence-corrected chi connectivity index (χ1v) is 22.1. The topological polar surface area (TPSA) is 6.48 Å². The molecule has 0 N–H and O–H groups in total. The van der Waals surface area contributed by atoms with Gasteiger partial charge in [-0.1, -0.05) is 189 Å². The average molecular weight is 821 g/mol. The molecule has 0 heterocycles. The van der Waals surface area contributed by atoms with Crippen molar-refractivity contribution in [3.05, 3.63) is 273 Å². The second-order valence-electron chi connectivity index (χ2n) is 16.2. The monoisotopic (exact) mass is 820 g/mol. The molecule has 9 aromatic rings. The van der Waals surface area contributed by atoms with Crippen molar-refractivity contribution >= 4 is 49.9 Å². The van der Waals surface area contributed by atoms with Crippen molar-refractivity contribution in [2.75, 3.05) is 9.80 Å². The van der Waals surface area contributed by atoms with Gasteiger partial charge in [0.25, 0.3) is 0 Å². The van der Waals surface area contributed by atoms with E-state index in [1.54, 1.807) is 0 Å². The van der Waals surface area contributed by atoms with Crippen LogP contribution in [0, 0.1) is 0 Å². The number of benzene rings is 9. The Hall–Kier alpha value is -8.20. The first kappa shape index (κ1) is 39.9. The summed E-state index contributed by atoms with van der Waals surface area (Å²) in [4.78, 5) is 4.63. The van der Waals surface area contributed by atoms with Crippen molar-refractivity contribution in [3.63, 3.8) is 0 Å². The maximum absolute atomic E-state index is 4.17. The lowest BCUT2D eigenvalue weighted by Crippen LogP contribution is -2.16. The summed E-state index contributed by atoms with van der Waals surface area (Å²) in [7, 11) is 0. The molecule has 0 saturated carbocycles. The number of hydrogen-bond acceptors (Lipinski definition) is 2. The molecule has 0 aromatic heterocycles. The number of nitrogens with zero attached hydrogens (tertiary/aromatic N) is 2. The fraction of sp³-hybridized carbons (Fsp3) is 0.0323. The lowest BCUT2D eigenvalue weighted by molar-refractivity contribution is 0.915. The molecule has 9 aromatic carbocycles. The first-order valence-electron chi connectivity index (χ1n) is 22.1. The summed E-state index contributed by atoms with van der Waals surface area (Å²) in [5.74, 6) is 0. The number of fused-ring (bicyclic) bond motifs is 2. The van der Waals surface area contributed by atoms with Crippen molar-refractivity contribution in [1.82, 2.24) is 0 Å². The molecule has 10 rings (SSSR count). The first-order chi connectivity index (χ1) is 31.7. The van der Waals surface area contributed by atoms with Crippen LogP contribution in [0.4, 0.5) is 22.7 Å². The fourth-order valence-electron chi connectivity index (χ4n) is 8.71. The van der Waals surface area contributed by atoms with Crippen LogP contribution in [-0.2, 0) is 0 Å². The molecule has 2 nitrogen and oxygen atoms in total. The van der Waals surface area contributed by atoms with Gasteiger partial charge in [0.2, 0.25) is 0 Å². The second kappa shape index (κ2) is 18.4. The highest BCUT2D eigenvalue weighted by atomic mass is 15.1. The van der Waals surface area contributed by atoms with Crippen LogP contribution < -0.4 is 9.80 Å². The molecule has 0 spiro atoms. The Morgan fingerprint density at radius 2 is 0.953 bits per heavy atom. The van der Waals surface area contributed by atoms with Gasteiger partial charge in [-0.05, 0) is 146 Å². The molecular formula is C62H48N2. The van der Waals surface area contributed by atoms with E-state index in [4.69, 9.17) is 0 Å². The van der Waals surface area contributed by atoms with E-state index >= 15 is 0 Å². The minimum Gasteiger partial charge on any atom is -0.321 e.